The largest absolute Gasteiger partial charge is 0.334 e. The minimum Gasteiger partial charge on any atom is -0.334 e. The predicted octanol–water partition coefficient (Wildman–Crippen LogP) is 5.76. The van der Waals surface area contributed by atoms with E-state index in [2.05, 4.69) is 110 Å². The van der Waals surface area contributed by atoms with Crippen LogP contribution in [0.3, 0.4) is 0 Å². The Morgan fingerprint density at radius 2 is 1.46 bits per heavy atom. The second kappa shape index (κ2) is 7.00. The molecule has 0 aromatic heterocycles. The van der Waals surface area contributed by atoms with E-state index in [1.165, 1.54) is 6.42 Å². The molecule has 4 unspecified atom stereocenters. The predicted molar refractivity (Wildman–Crippen MR) is 122 cm³/mol. The van der Waals surface area contributed by atoms with Gasteiger partial charge >= 0.3 is 0 Å². The van der Waals surface area contributed by atoms with E-state index in [9.17, 15) is 0 Å². The highest BCUT2D eigenvalue weighted by Gasteiger charge is 2.59. The van der Waals surface area contributed by atoms with Crippen LogP contribution in [0.1, 0.15) is 82.6 Å². The van der Waals surface area contributed by atoms with Gasteiger partial charge in [-0.3, -0.25) is 0 Å². The lowest BCUT2D eigenvalue weighted by molar-refractivity contribution is -0.0323. The first-order chi connectivity index (χ1) is 11.2. The summed E-state index contributed by atoms with van der Waals surface area (Å²) < 4.78 is 0. The Morgan fingerprint density at radius 1 is 1.00 bits per heavy atom. The molecular formula is C22H47N2Si2. The van der Waals surface area contributed by atoms with Crippen molar-refractivity contribution in [2.45, 2.75) is 117 Å². The summed E-state index contributed by atoms with van der Waals surface area (Å²) in [4.78, 5) is 4.22. The summed E-state index contributed by atoms with van der Waals surface area (Å²) in [7, 11) is 2.75. The van der Waals surface area contributed by atoms with Gasteiger partial charge < -0.3 is 10.3 Å². The normalized spacial score (nSPS) is 36.2. The molecule has 2 nitrogen and oxygen atoms in total. The van der Waals surface area contributed by atoms with Gasteiger partial charge in [0.05, 0.1) is 0 Å². The van der Waals surface area contributed by atoms with Crippen LogP contribution in [0.4, 0.5) is 0 Å². The van der Waals surface area contributed by atoms with Gasteiger partial charge in [0.1, 0.15) is 8.24 Å². The maximum Gasteiger partial charge on any atom is 0.125 e. The van der Waals surface area contributed by atoms with Crippen LogP contribution in [0.15, 0.2) is 0 Å². The fraction of sp³-hybridized carbons (Fsp3) is 1.00. The monoisotopic (exact) mass is 395 g/mol. The Kier molecular flexibility index (Phi) is 6.57. The van der Waals surface area contributed by atoms with Gasteiger partial charge in [-0.25, -0.2) is 0 Å². The van der Waals surface area contributed by atoms with Crippen molar-refractivity contribution in [2.24, 2.45) is 16.7 Å². The molecule has 0 bridgehead atoms. The molecule has 1 fully saturated rings. The minimum absolute atomic E-state index is 0.0727. The Hall–Kier alpha value is 0.354. The van der Waals surface area contributed by atoms with E-state index < -0.39 is 8.24 Å². The molecule has 4 atom stereocenters. The molecule has 0 aromatic carbocycles. The van der Waals surface area contributed by atoms with Crippen LogP contribution in [0, 0.1) is 16.7 Å². The van der Waals surface area contributed by atoms with Gasteiger partial charge in [-0.05, 0) is 54.0 Å². The lowest BCUT2D eigenvalue weighted by Crippen LogP contribution is -2.66. The maximum absolute atomic E-state index is 4.30. The van der Waals surface area contributed by atoms with Gasteiger partial charge in [-0.15, -0.1) is 0 Å². The zero-order valence-corrected chi connectivity index (χ0v) is 22.1. The van der Waals surface area contributed by atoms with Gasteiger partial charge in [0.2, 0.25) is 0 Å². The number of nitrogens with one attached hydrogen (secondary N) is 2. The first-order valence-corrected chi connectivity index (χ1v) is 14.0. The molecule has 153 valence electrons. The average molecular weight is 396 g/mol. The molecule has 0 saturated heterocycles. The molecule has 3 radical (unpaired) electrons. The van der Waals surface area contributed by atoms with Crippen molar-refractivity contribution >= 4 is 18.5 Å². The van der Waals surface area contributed by atoms with E-state index in [4.69, 9.17) is 0 Å². The highest BCUT2D eigenvalue weighted by Crippen LogP contribution is 2.65. The van der Waals surface area contributed by atoms with E-state index in [0.717, 1.165) is 6.54 Å². The highest BCUT2D eigenvalue weighted by atomic mass is 28.3. The SMILES string of the molecule is CC1C(N[Si](C)(C)C(C)(C)C)CC(C)(CNC(C)(C)C)C(C)([Si])C1(C)C. The second-order valence-electron chi connectivity index (χ2n) is 12.6. The Balaban J connectivity index is 3.24. The highest BCUT2D eigenvalue weighted by molar-refractivity contribution is 6.77. The Labute approximate surface area is 169 Å². The van der Waals surface area contributed by atoms with Crippen molar-refractivity contribution in [3.63, 3.8) is 0 Å². The number of hydrogen-bond acceptors (Lipinski definition) is 2. The lowest BCUT2D eigenvalue weighted by Gasteiger charge is -2.64. The van der Waals surface area contributed by atoms with Crippen molar-refractivity contribution < 1.29 is 0 Å². The smallest absolute Gasteiger partial charge is 0.125 e. The molecule has 1 saturated carbocycles. The molecule has 1 aliphatic rings. The number of rotatable bonds is 4. The quantitative estimate of drug-likeness (QED) is 0.591. The van der Waals surface area contributed by atoms with E-state index in [1.807, 2.05) is 0 Å². The minimum atomic E-state index is -1.55. The van der Waals surface area contributed by atoms with Gasteiger partial charge in [0, 0.05) is 28.4 Å². The molecule has 0 aromatic rings. The lowest BCUT2D eigenvalue weighted by atomic mass is 9.51. The zero-order chi connectivity index (χ0) is 21.0. The van der Waals surface area contributed by atoms with Crippen LogP contribution in [0.25, 0.3) is 0 Å². The first-order valence-electron chi connectivity index (χ1n) is 10.5. The molecule has 0 aliphatic heterocycles. The molecule has 1 rings (SSSR count). The van der Waals surface area contributed by atoms with E-state index >= 15 is 0 Å². The fourth-order valence-corrected chi connectivity index (χ4v) is 6.30. The molecule has 0 amide bonds. The zero-order valence-electron chi connectivity index (χ0n) is 20.1. The topological polar surface area (TPSA) is 24.1 Å². The third-order valence-electron chi connectivity index (χ3n) is 8.34. The van der Waals surface area contributed by atoms with Crippen LogP contribution in [-0.2, 0) is 0 Å². The van der Waals surface area contributed by atoms with Crippen molar-refractivity contribution in [1.82, 2.24) is 10.3 Å². The van der Waals surface area contributed by atoms with Crippen LogP contribution in [0.5, 0.6) is 0 Å². The first kappa shape index (κ1) is 24.4. The standard InChI is InChI=1S/C22H47N2Si2/c1-16-17(24-26(12,13)19(5,6)7)14-21(10,15-23-18(2,3)4)22(11,25)20(16,8)9/h16-17,23-24H,14-15H2,1-13H3. The molecule has 0 heterocycles. The van der Waals surface area contributed by atoms with Crippen LogP contribution >= 0.6 is 0 Å². The van der Waals surface area contributed by atoms with Gasteiger partial charge in [-0.2, -0.15) is 0 Å². The summed E-state index contributed by atoms with van der Waals surface area (Å²) in [6.07, 6.45) is 1.20. The summed E-state index contributed by atoms with van der Waals surface area (Å²) in [6, 6.07) is 0.557. The van der Waals surface area contributed by atoms with E-state index in [0.29, 0.717) is 17.0 Å². The second-order valence-corrected chi connectivity index (χ2v) is 18.7. The van der Waals surface area contributed by atoms with Crippen molar-refractivity contribution in [2.75, 3.05) is 6.54 Å². The summed E-state index contributed by atoms with van der Waals surface area (Å²) in [5.41, 5.74) is 0.505. The average Bonchev–Trinajstić information content (AvgIpc) is 2.39. The van der Waals surface area contributed by atoms with E-state index in [-0.39, 0.29) is 21.4 Å². The molecule has 26 heavy (non-hydrogen) atoms. The van der Waals surface area contributed by atoms with Gasteiger partial charge in [0.25, 0.3) is 0 Å². The Morgan fingerprint density at radius 3 is 1.85 bits per heavy atom. The van der Waals surface area contributed by atoms with Gasteiger partial charge in [0.15, 0.2) is 0 Å². The van der Waals surface area contributed by atoms with Crippen molar-refractivity contribution in [3.05, 3.63) is 0 Å². The third kappa shape index (κ3) is 4.50. The molecular weight excluding hydrogens is 348 g/mol. The summed E-state index contributed by atoms with van der Waals surface area (Å²) in [6.45, 7) is 32.3. The van der Waals surface area contributed by atoms with E-state index in [1.54, 1.807) is 0 Å². The fourth-order valence-electron chi connectivity index (χ4n) is 4.17. The molecule has 2 N–H and O–H groups in total. The van der Waals surface area contributed by atoms with Crippen LogP contribution in [0.2, 0.25) is 23.2 Å². The van der Waals surface area contributed by atoms with Gasteiger partial charge in [-0.1, -0.05) is 68.5 Å². The molecule has 0 spiro atoms. The summed E-state index contributed by atoms with van der Waals surface area (Å²) in [5.74, 6) is 0.613. The summed E-state index contributed by atoms with van der Waals surface area (Å²) >= 11 is 0. The van der Waals surface area contributed by atoms with Crippen LogP contribution < -0.4 is 10.3 Å². The maximum atomic E-state index is 4.30. The van der Waals surface area contributed by atoms with Crippen molar-refractivity contribution in [1.29, 1.82) is 0 Å². The third-order valence-corrected chi connectivity index (χ3v) is 14.4. The molecule has 1 aliphatic carbocycles. The molecule has 4 heteroatoms. The Bertz CT molecular complexity index is 497. The van der Waals surface area contributed by atoms with Crippen molar-refractivity contribution in [3.8, 4) is 0 Å². The summed E-state index contributed by atoms with van der Waals surface area (Å²) in [5, 5.41) is 4.23. The number of hydrogen-bond donors (Lipinski definition) is 2. The van der Waals surface area contributed by atoms with Crippen LogP contribution in [-0.4, -0.2) is 36.6 Å².